The summed E-state index contributed by atoms with van der Waals surface area (Å²) >= 11 is 1.49. The van der Waals surface area contributed by atoms with Gasteiger partial charge in [0.1, 0.15) is 0 Å². The lowest BCUT2D eigenvalue weighted by atomic mass is 9.93. The Hall–Kier alpha value is -1.20. The van der Waals surface area contributed by atoms with Gasteiger partial charge in [-0.25, -0.2) is 0 Å². The number of para-hydroxylation sites is 1. The molecule has 1 amide bonds. The zero-order valence-corrected chi connectivity index (χ0v) is 12.6. The zero-order valence-electron chi connectivity index (χ0n) is 11.8. The van der Waals surface area contributed by atoms with Gasteiger partial charge in [0, 0.05) is 23.7 Å². The predicted molar refractivity (Wildman–Crippen MR) is 83.0 cm³/mol. The molecule has 2 rings (SSSR count). The Bertz CT molecular complexity index is 445. The van der Waals surface area contributed by atoms with Crippen LogP contribution in [0, 0.1) is 0 Å². The van der Waals surface area contributed by atoms with E-state index in [1.807, 2.05) is 18.2 Å². The van der Waals surface area contributed by atoms with Gasteiger partial charge < -0.3 is 15.8 Å². The Kier molecular flexibility index (Phi) is 5.73. The summed E-state index contributed by atoms with van der Waals surface area (Å²) in [6, 6.07) is 8.56. The number of methoxy groups -OCH3 is 1. The molecular weight excluding hydrogens is 272 g/mol. The van der Waals surface area contributed by atoms with Crippen LogP contribution in [0.4, 0.5) is 5.69 Å². The molecule has 1 aliphatic carbocycles. The third-order valence-electron chi connectivity index (χ3n) is 3.62. The minimum absolute atomic E-state index is 0.287. The SMILES string of the molecule is COC1CCC(Nc2ccccc2SCC(N)=O)CC1. The number of primary amides is 1. The maximum absolute atomic E-state index is 10.9. The molecule has 1 aromatic carbocycles. The highest BCUT2D eigenvalue weighted by molar-refractivity contribution is 8.00. The van der Waals surface area contributed by atoms with E-state index in [9.17, 15) is 4.79 Å². The lowest BCUT2D eigenvalue weighted by Crippen LogP contribution is -2.29. The fourth-order valence-electron chi connectivity index (χ4n) is 2.52. The quantitative estimate of drug-likeness (QED) is 0.792. The van der Waals surface area contributed by atoms with Gasteiger partial charge in [0.2, 0.25) is 5.91 Å². The second-order valence-electron chi connectivity index (χ2n) is 5.10. The van der Waals surface area contributed by atoms with Crippen LogP contribution in [0.5, 0.6) is 0 Å². The number of nitrogens with one attached hydrogen (secondary N) is 1. The van der Waals surface area contributed by atoms with Crippen molar-refractivity contribution >= 4 is 23.4 Å². The van der Waals surface area contributed by atoms with Crippen molar-refractivity contribution in [3.05, 3.63) is 24.3 Å². The maximum Gasteiger partial charge on any atom is 0.227 e. The first-order valence-electron chi connectivity index (χ1n) is 6.98. The maximum atomic E-state index is 10.9. The van der Waals surface area contributed by atoms with Crippen molar-refractivity contribution in [2.75, 3.05) is 18.2 Å². The second-order valence-corrected chi connectivity index (χ2v) is 6.12. The van der Waals surface area contributed by atoms with Crippen LogP contribution in [-0.2, 0) is 9.53 Å². The van der Waals surface area contributed by atoms with Crippen LogP contribution in [0.1, 0.15) is 25.7 Å². The highest BCUT2D eigenvalue weighted by Gasteiger charge is 2.21. The minimum Gasteiger partial charge on any atom is -0.381 e. The summed E-state index contributed by atoms with van der Waals surface area (Å²) in [5.74, 6) is 0.0279. The van der Waals surface area contributed by atoms with Crippen molar-refractivity contribution < 1.29 is 9.53 Å². The van der Waals surface area contributed by atoms with E-state index in [0.29, 0.717) is 17.9 Å². The molecule has 0 unspecified atom stereocenters. The summed E-state index contributed by atoms with van der Waals surface area (Å²) in [5.41, 5.74) is 6.31. The van der Waals surface area contributed by atoms with Gasteiger partial charge in [-0.05, 0) is 37.8 Å². The Balaban J connectivity index is 1.93. The van der Waals surface area contributed by atoms with Crippen molar-refractivity contribution in [3.63, 3.8) is 0 Å². The molecule has 0 radical (unpaired) electrons. The van der Waals surface area contributed by atoms with Gasteiger partial charge in [0.05, 0.1) is 11.9 Å². The van der Waals surface area contributed by atoms with E-state index in [2.05, 4.69) is 11.4 Å². The Morgan fingerprint density at radius 3 is 2.70 bits per heavy atom. The van der Waals surface area contributed by atoms with Crippen molar-refractivity contribution in [1.29, 1.82) is 0 Å². The molecule has 0 heterocycles. The number of carbonyl (C=O) groups excluding carboxylic acids is 1. The van der Waals surface area contributed by atoms with E-state index in [4.69, 9.17) is 10.5 Å². The van der Waals surface area contributed by atoms with Crippen molar-refractivity contribution in [3.8, 4) is 0 Å². The van der Waals surface area contributed by atoms with Crippen molar-refractivity contribution in [2.45, 2.75) is 42.7 Å². The number of nitrogens with two attached hydrogens (primary N) is 1. The van der Waals surface area contributed by atoms with Gasteiger partial charge in [0.25, 0.3) is 0 Å². The van der Waals surface area contributed by atoms with E-state index in [1.165, 1.54) is 11.8 Å². The van der Waals surface area contributed by atoms with Gasteiger partial charge >= 0.3 is 0 Å². The number of carbonyl (C=O) groups is 1. The molecule has 1 aromatic rings. The van der Waals surface area contributed by atoms with Gasteiger partial charge in [0.15, 0.2) is 0 Å². The van der Waals surface area contributed by atoms with Crippen LogP contribution in [0.25, 0.3) is 0 Å². The van der Waals surface area contributed by atoms with Crippen LogP contribution in [0.3, 0.4) is 0 Å². The molecule has 20 heavy (non-hydrogen) atoms. The number of hydrogen-bond acceptors (Lipinski definition) is 4. The minimum atomic E-state index is -0.287. The van der Waals surface area contributed by atoms with Crippen LogP contribution in [0.15, 0.2) is 29.2 Å². The molecule has 0 atom stereocenters. The highest BCUT2D eigenvalue weighted by Crippen LogP contribution is 2.30. The summed E-state index contributed by atoms with van der Waals surface area (Å²) < 4.78 is 5.40. The number of ether oxygens (including phenoxy) is 1. The summed E-state index contributed by atoms with van der Waals surface area (Å²) in [6.07, 6.45) is 4.85. The van der Waals surface area contributed by atoms with Gasteiger partial charge in [-0.1, -0.05) is 12.1 Å². The zero-order chi connectivity index (χ0) is 14.4. The van der Waals surface area contributed by atoms with Crippen LogP contribution in [0.2, 0.25) is 0 Å². The third kappa shape index (κ3) is 4.42. The summed E-state index contributed by atoms with van der Waals surface area (Å²) in [4.78, 5) is 12.0. The normalized spacial score (nSPS) is 22.4. The van der Waals surface area contributed by atoms with Crippen LogP contribution in [-0.4, -0.2) is 30.9 Å². The summed E-state index contributed by atoms with van der Waals surface area (Å²) in [6.45, 7) is 0. The molecule has 3 N–H and O–H groups in total. The Labute approximate surface area is 124 Å². The molecule has 0 aromatic heterocycles. The molecule has 4 nitrogen and oxygen atoms in total. The molecular formula is C15H22N2O2S. The molecule has 0 spiro atoms. The largest absolute Gasteiger partial charge is 0.381 e. The van der Waals surface area contributed by atoms with E-state index in [1.54, 1.807) is 7.11 Å². The monoisotopic (exact) mass is 294 g/mol. The third-order valence-corrected chi connectivity index (χ3v) is 4.72. The average Bonchev–Trinajstić information content (AvgIpc) is 2.47. The van der Waals surface area contributed by atoms with E-state index in [-0.39, 0.29) is 5.91 Å². The topological polar surface area (TPSA) is 64.3 Å². The van der Waals surface area contributed by atoms with Crippen LogP contribution >= 0.6 is 11.8 Å². The highest BCUT2D eigenvalue weighted by atomic mass is 32.2. The lowest BCUT2D eigenvalue weighted by molar-refractivity contribution is -0.115. The van der Waals surface area contributed by atoms with E-state index < -0.39 is 0 Å². The first kappa shape index (κ1) is 15.2. The molecule has 5 heteroatoms. The number of anilines is 1. The van der Waals surface area contributed by atoms with Crippen molar-refractivity contribution in [2.24, 2.45) is 5.73 Å². The Morgan fingerprint density at radius 1 is 1.35 bits per heavy atom. The molecule has 1 fully saturated rings. The van der Waals surface area contributed by atoms with Crippen LogP contribution < -0.4 is 11.1 Å². The number of thioether (sulfide) groups is 1. The number of hydrogen-bond donors (Lipinski definition) is 2. The molecule has 0 saturated heterocycles. The number of rotatable bonds is 6. The standard InChI is InChI=1S/C15H22N2O2S/c1-19-12-8-6-11(7-9-12)17-13-4-2-3-5-14(13)20-10-15(16)18/h2-5,11-12,17H,6-10H2,1H3,(H2,16,18). The number of benzene rings is 1. The fourth-order valence-corrected chi connectivity index (χ4v) is 3.28. The fraction of sp³-hybridized carbons (Fsp3) is 0.533. The molecule has 1 aliphatic rings. The second kappa shape index (κ2) is 7.55. The first-order valence-corrected chi connectivity index (χ1v) is 7.97. The molecule has 0 aliphatic heterocycles. The molecule has 110 valence electrons. The number of amides is 1. The average molecular weight is 294 g/mol. The van der Waals surface area contributed by atoms with E-state index in [0.717, 1.165) is 36.3 Å². The predicted octanol–water partition coefficient (Wildman–Crippen LogP) is 2.63. The van der Waals surface area contributed by atoms with Gasteiger partial charge in [-0.2, -0.15) is 0 Å². The summed E-state index contributed by atoms with van der Waals surface area (Å²) in [5, 5.41) is 3.59. The first-order chi connectivity index (χ1) is 9.69. The molecule has 1 saturated carbocycles. The van der Waals surface area contributed by atoms with Crippen molar-refractivity contribution in [1.82, 2.24) is 0 Å². The van der Waals surface area contributed by atoms with Gasteiger partial charge in [-0.3, -0.25) is 4.79 Å². The lowest BCUT2D eigenvalue weighted by Gasteiger charge is -2.29. The smallest absolute Gasteiger partial charge is 0.227 e. The van der Waals surface area contributed by atoms with E-state index >= 15 is 0 Å². The van der Waals surface area contributed by atoms with Gasteiger partial charge in [-0.15, -0.1) is 11.8 Å². The summed E-state index contributed by atoms with van der Waals surface area (Å²) in [7, 11) is 1.79. The Morgan fingerprint density at radius 2 is 2.05 bits per heavy atom. The molecule has 0 bridgehead atoms.